The van der Waals surface area contributed by atoms with Gasteiger partial charge in [-0.1, -0.05) is 22.0 Å². The molecule has 2 nitrogen and oxygen atoms in total. The van der Waals surface area contributed by atoms with Crippen molar-refractivity contribution in [1.29, 1.82) is 0 Å². The van der Waals surface area contributed by atoms with Crippen LogP contribution in [0.25, 0.3) is 0 Å². The van der Waals surface area contributed by atoms with Crippen LogP contribution in [0.4, 0.5) is 4.39 Å². The summed E-state index contributed by atoms with van der Waals surface area (Å²) in [4.78, 5) is 11.7. The van der Waals surface area contributed by atoms with E-state index in [-0.39, 0.29) is 17.1 Å². The highest BCUT2D eigenvalue weighted by Gasteiger charge is 2.12. The van der Waals surface area contributed by atoms with E-state index in [1.54, 1.807) is 6.07 Å². The van der Waals surface area contributed by atoms with Crippen molar-refractivity contribution in [2.45, 2.75) is 32.7 Å². The van der Waals surface area contributed by atoms with E-state index in [1.807, 2.05) is 20.8 Å². The van der Waals surface area contributed by atoms with Gasteiger partial charge in [0.25, 0.3) is 0 Å². The molecular formula is C13H17BrFNO. The predicted octanol–water partition coefficient (Wildman–Crippen LogP) is 3.09. The zero-order chi connectivity index (χ0) is 13.1. The van der Waals surface area contributed by atoms with Crippen molar-refractivity contribution in [3.8, 4) is 0 Å². The molecule has 94 valence electrons. The van der Waals surface area contributed by atoms with Crippen LogP contribution in [-0.4, -0.2) is 17.9 Å². The minimum absolute atomic E-state index is 0.0737. The molecule has 0 bridgehead atoms. The SMILES string of the molecule is CC(C)(C)NCC(=O)Cc1ccc(F)cc1Br. The lowest BCUT2D eigenvalue weighted by Gasteiger charge is -2.19. The normalized spacial score (nSPS) is 11.6. The van der Waals surface area contributed by atoms with E-state index in [2.05, 4.69) is 21.2 Å². The largest absolute Gasteiger partial charge is 0.305 e. The average Bonchev–Trinajstić information content (AvgIpc) is 2.18. The Hall–Kier alpha value is -0.740. The Labute approximate surface area is 110 Å². The third-order valence-electron chi connectivity index (χ3n) is 2.22. The molecule has 0 aliphatic carbocycles. The van der Waals surface area contributed by atoms with Gasteiger partial charge in [-0.3, -0.25) is 4.79 Å². The number of carbonyl (C=O) groups is 1. The van der Waals surface area contributed by atoms with Gasteiger partial charge in [-0.2, -0.15) is 0 Å². The van der Waals surface area contributed by atoms with E-state index in [9.17, 15) is 9.18 Å². The fourth-order valence-electron chi connectivity index (χ4n) is 1.30. The van der Waals surface area contributed by atoms with Crippen molar-refractivity contribution < 1.29 is 9.18 Å². The molecular weight excluding hydrogens is 285 g/mol. The van der Waals surface area contributed by atoms with E-state index in [4.69, 9.17) is 0 Å². The van der Waals surface area contributed by atoms with Crippen molar-refractivity contribution in [3.05, 3.63) is 34.1 Å². The Morgan fingerprint density at radius 2 is 2.06 bits per heavy atom. The molecule has 0 saturated carbocycles. The first kappa shape index (κ1) is 14.3. The van der Waals surface area contributed by atoms with Gasteiger partial charge in [0.2, 0.25) is 0 Å². The summed E-state index contributed by atoms with van der Waals surface area (Å²) in [5.41, 5.74) is 0.738. The molecule has 4 heteroatoms. The molecule has 0 unspecified atom stereocenters. The Morgan fingerprint density at radius 1 is 1.41 bits per heavy atom. The third kappa shape index (κ3) is 5.41. The molecule has 1 N–H and O–H groups in total. The van der Waals surface area contributed by atoms with Gasteiger partial charge in [0, 0.05) is 16.4 Å². The maximum Gasteiger partial charge on any atom is 0.151 e. The summed E-state index contributed by atoms with van der Waals surface area (Å²) in [7, 11) is 0. The number of rotatable bonds is 4. The molecule has 1 rings (SSSR count). The molecule has 0 fully saturated rings. The minimum atomic E-state index is -0.305. The van der Waals surface area contributed by atoms with Gasteiger partial charge in [0.05, 0.1) is 6.54 Å². The van der Waals surface area contributed by atoms with Crippen LogP contribution < -0.4 is 5.32 Å². The molecule has 0 amide bonds. The highest BCUT2D eigenvalue weighted by Crippen LogP contribution is 2.18. The van der Waals surface area contributed by atoms with Crippen LogP contribution in [-0.2, 0) is 11.2 Å². The van der Waals surface area contributed by atoms with E-state index in [1.165, 1.54) is 12.1 Å². The zero-order valence-electron chi connectivity index (χ0n) is 10.3. The second kappa shape index (κ2) is 5.74. The molecule has 0 heterocycles. The number of hydrogen-bond acceptors (Lipinski definition) is 2. The molecule has 0 radical (unpaired) electrons. The van der Waals surface area contributed by atoms with Gasteiger partial charge in [-0.05, 0) is 38.5 Å². The molecule has 0 atom stereocenters. The second-order valence-electron chi connectivity index (χ2n) is 5.05. The summed E-state index contributed by atoms with van der Waals surface area (Å²) in [6.45, 7) is 6.35. The number of ketones is 1. The summed E-state index contributed by atoms with van der Waals surface area (Å²) < 4.78 is 13.5. The zero-order valence-corrected chi connectivity index (χ0v) is 11.9. The van der Waals surface area contributed by atoms with Gasteiger partial charge in [-0.15, -0.1) is 0 Å². The number of carbonyl (C=O) groups excluding carboxylic acids is 1. The summed E-state index contributed by atoms with van der Waals surface area (Å²) in [6.07, 6.45) is 0.309. The minimum Gasteiger partial charge on any atom is -0.305 e. The molecule has 0 spiro atoms. The number of benzene rings is 1. The Kier molecular flexibility index (Phi) is 4.83. The quantitative estimate of drug-likeness (QED) is 0.926. The van der Waals surface area contributed by atoms with Gasteiger partial charge < -0.3 is 5.32 Å². The molecule has 0 aliphatic heterocycles. The van der Waals surface area contributed by atoms with Crippen LogP contribution in [0.1, 0.15) is 26.3 Å². The monoisotopic (exact) mass is 301 g/mol. The van der Waals surface area contributed by atoms with E-state index < -0.39 is 0 Å². The van der Waals surface area contributed by atoms with Crippen LogP contribution in [0.15, 0.2) is 22.7 Å². The molecule has 1 aromatic rings. The van der Waals surface area contributed by atoms with Gasteiger partial charge >= 0.3 is 0 Å². The number of nitrogens with one attached hydrogen (secondary N) is 1. The number of hydrogen-bond donors (Lipinski definition) is 1. The lowest BCUT2D eigenvalue weighted by atomic mass is 10.1. The first-order chi connectivity index (χ1) is 7.78. The van der Waals surface area contributed by atoms with Gasteiger partial charge in [0.15, 0.2) is 5.78 Å². The average molecular weight is 302 g/mol. The number of Topliss-reactive ketones (excluding diaryl/α,β-unsaturated/α-hetero) is 1. The highest BCUT2D eigenvalue weighted by atomic mass is 79.9. The molecule has 0 aliphatic rings. The molecule has 17 heavy (non-hydrogen) atoms. The van der Waals surface area contributed by atoms with Gasteiger partial charge in [0.1, 0.15) is 5.82 Å². The van der Waals surface area contributed by atoms with Crippen molar-refractivity contribution >= 4 is 21.7 Å². The standard InChI is InChI=1S/C13H17BrFNO/c1-13(2,3)16-8-11(17)6-9-4-5-10(15)7-12(9)14/h4-5,7,16H,6,8H2,1-3H3. The van der Waals surface area contributed by atoms with Crippen LogP contribution in [0.3, 0.4) is 0 Å². The summed E-state index contributed by atoms with van der Waals surface area (Å²) in [5.74, 6) is -0.215. The Morgan fingerprint density at radius 3 is 2.59 bits per heavy atom. The van der Waals surface area contributed by atoms with Crippen molar-refractivity contribution in [3.63, 3.8) is 0 Å². The van der Waals surface area contributed by atoms with Crippen LogP contribution >= 0.6 is 15.9 Å². The Bertz CT molecular complexity index is 412. The summed E-state index contributed by atoms with van der Waals surface area (Å²) in [5, 5.41) is 3.13. The summed E-state index contributed by atoms with van der Waals surface area (Å²) >= 11 is 3.25. The first-order valence-electron chi connectivity index (χ1n) is 5.48. The maximum absolute atomic E-state index is 12.9. The van der Waals surface area contributed by atoms with Crippen molar-refractivity contribution in [2.24, 2.45) is 0 Å². The highest BCUT2D eigenvalue weighted by molar-refractivity contribution is 9.10. The van der Waals surface area contributed by atoms with Crippen molar-refractivity contribution in [1.82, 2.24) is 5.32 Å². The van der Waals surface area contributed by atoms with Crippen LogP contribution in [0.5, 0.6) is 0 Å². The number of halogens is 2. The maximum atomic E-state index is 12.9. The smallest absolute Gasteiger partial charge is 0.151 e. The van der Waals surface area contributed by atoms with Crippen molar-refractivity contribution in [2.75, 3.05) is 6.54 Å². The van der Waals surface area contributed by atoms with Gasteiger partial charge in [-0.25, -0.2) is 4.39 Å². The van der Waals surface area contributed by atoms with E-state index >= 15 is 0 Å². The lowest BCUT2D eigenvalue weighted by molar-refractivity contribution is -0.117. The third-order valence-corrected chi connectivity index (χ3v) is 2.96. The second-order valence-corrected chi connectivity index (χ2v) is 5.91. The fourth-order valence-corrected chi connectivity index (χ4v) is 1.79. The topological polar surface area (TPSA) is 29.1 Å². The summed E-state index contributed by atoms with van der Waals surface area (Å²) in [6, 6.07) is 4.37. The van der Waals surface area contributed by atoms with Crippen LogP contribution in [0.2, 0.25) is 0 Å². The van der Waals surface area contributed by atoms with Crippen LogP contribution in [0, 0.1) is 5.82 Å². The Balaban J connectivity index is 2.57. The van der Waals surface area contributed by atoms with E-state index in [0.29, 0.717) is 17.4 Å². The molecule has 0 aromatic heterocycles. The first-order valence-corrected chi connectivity index (χ1v) is 6.28. The molecule has 0 saturated heterocycles. The molecule has 1 aromatic carbocycles. The van der Waals surface area contributed by atoms with E-state index in [0.717, 1.165) is 5.56 Å². The lowest BCUT2D eigenvalue weighted by Crippen LogP contribution is -2.39. The predicted molar refractivity (Wildman–Crippen MR) is 70.6 cm³/mol. The fraction of sp³-hybridized carbons (Fsp3) is 0.462.